The van der Waals surface area contributed by atoms with Crippen LogP contribution in [0.2, 0.25) is 0 Å². The van der Waals surface area contributed by atoms with Crippen molar-refractivity contribution in [3.05, 3.63) is 28.6 Å². The monoisotopic (exact) mass is 391 g/mol. The first-order chi connectivity index (χ1) is 12.3. The Morgan fingerprint density at radius 3 is 3.00 bits per heavy atom. The van der Waals surface area contributed by atoms with Gasteiger partial charge in [0.25, 0.3) is 0 Å². The molecular weight excluding hydrogens is 374 g/mol. The van der Waals surface area contributed by atoms with Crippen molar-refractivity contribution in [2.24, 2.45) is 0 Å². The molecule has 1 aliphatic rings. The van der Waals surface area contributed by atoms with Gasteiger partial charge in [-0.15, -0.1) is 16.4 Å². The number of thioether (sulfide) groups is 1. The lowest BCUT2D eigenvalue weighted by Gasteiger charge is -2.25. The van der Waals surface area contributed by atoms with Crippen LogP contribution in [0.5, 0.6) is 0 Å². The summed E-state index contributed by atoms with van der Waals surface area (Å²) in [7, 11) is 0. The third kappa shape index (κ3) is 3.94. The van der Waals surface area contributed by atoms with Crippen LogP contribution in [-0.2, 0) is 0 Å². The van der Waals surface area contributed by atoms with E-state index in [9.17, 15) is 4.79 Å². The number of nitrogens with zero attached hydrogens (tertiary/aromatic N) is 4. The normalized spacial score (nSPS) is 14.8. The average molecular weight is 392 g/mol. The minimum atomic E-state index is 0.0771. The summed E-state index contributed by atoms with van der Waals surface area (Å²) >= 11 is 4.45. The van der Waals surface area contributed by atoms with Crippen molar-refractivity contribution in [3.63, 3.8) is 0 Å². The maximum atomic E-state index is 12.4. The molecule has 0 unspecified atom stereocenters. The van der Waals surface area contributed by atoms with Crippen molar-refractivity contribution in [3.8, 4) is 10.7 Å². The van der Waals surface area contributed by atoms with Crippen LogP contribution in [0.3, 0.4) is 0 Å². The molecule has 0 atom stereocenters. The molecule has 0 radical (unpaired) electrons. The van der Waals surface area contributed by atoms with Crippen LogP contribution in [0.15, 0.2) is 28.9 Å². The molecule has 0 bridgehead atoms. The van der Waals surface area contributed by atoms with E-state index in [2.05, 4.69) is 25.1 Å². The number of hydrogen-bond acceptors (Lipinski definition) is 8. The number of ketones is 1. The van der Waals surface area contributed by atoms with E-state index in [1.807, 2.05) is 17.5 Å². The summed E-state index contributed by atoms with van der Waals surface area (Å²) in [6.07, 6.45) is 5.40. The molecule has 3 aromatic rings. The SMILES string of the molecule is O=C(CSc1n[nH]c(-c2cccs2)n1)c1cnc(N2CCCCC2)s1. The molecule has 9 heteroatoms. The molecule has 130 valence electrons. The molecule has 0 spiro atoms. The number of thiazole rings is 1. The van der Waals surface area contributed by atoms with Gasteiger partial charge in [0, 0.05) is 13.1 Å². The third-order valence-corrected chi connectivity index (χ3v) is 6.77. The third-order valence-electron chi connectivity index (χ3n) is 3.95. The molecule has 1 saturated heterocycles. The molecule has 0 aliphatic carbocycles. The Morgan fingerprint density at radius 1 is 1.32 bits per heavy atom. The Balaban J connectivity index is 1.35. The highest BCUT2D eigenvalue weighted by Crippen LogP contribution is 2.27. The van der Waals surface area contributed by atoms with Gasteiger partial charge in [-0.05, 0) is 30.7 Å². The number of hydrogen-bond donors (Lipinski definition) is 1. The minimum absolute atomic E-state index is 0.0771. The van der Waals surface area contributed by atoms with Crippen LogP contribution in [0.1, 0.15) is 28.9 Å². The molecule has 6 nitrogen and oxygen atoms in total. The van der Waals surface area contributed by atoms with Gasteiger partial charge < -0.3 is 4.90 Å². The Labute approximate surface area is 157 Å². The Kier molecular flexibility index (Phi) is 5.14. The number of rotatable bonds is 6. The van der Waals surface area contributed by atoms with Crippen molar-refractivity contribution >= 4 is 45.4 Å². The summed E-state index contributed by atoms with van der Waals surface area (Å²) < 4.78 is 0. The lowest BCUT2D eigenvalue weighted by molar-refractivity contribution is 0.102. The van der Waals surface area contributed by atoms with Crippen LogP contribution in [0.4, 0.5) is 5.13 Å². The van der Waals surface area contributed by atoms with E-state index in [4.69, 9.17) is 0 Å². The largest absolute Gasteiger partial charge is 0.348 e. The van der Waals surface area contributed by atoms with E-state index in [-0.39, 0.29) is 5.78 Å². The summed E-state index contributed by atoms with van der Waals surface area (Å²) in [6.45, 7) is 2.08. The van der Waals surface area contributed by atoms with Gasteiger partial charge in [0.05, 0.1) is 21.7 Å². The Hall–Kier alpha value is -1.71. The van der Waals surface area contributed by atoms with Crippen molar-refractivity contribution in [1.29, 1.82) is 0 Å². The fourth-order valence-electron chi connectivity index (χ4n) is 2.66. The maximum Gasteiger partial charge on any atom is 0.209 e. The van der Waals surface area contributed by atoms with Gasteiger partial charge >= 0.3 is 0 Å². The van der Waals surface area contributed by atoms with Crippen LogP contribution < -0.4 is 4.90 Å². The molecule has 0 aromatic carbocycles. The number of Topliss-reactive ketones (excluding diaryl/α,β-unsaturated/α-hetero) is 1. The quantitative estimate of drug-likeness (QED) is 0.506. The fourth-order valence-corrected chi connectivity index (χ4v) is 5.00. The van der Waals surface area contributed by atoms with Crippen molar-refractivity contribution in [2.45, 2.75) is 24.4 Å². The highest BCUT2D eigenvalue weighted by molar-refractivity contribution is 7.99. The topological polar surface area (TPSA) is 74.8 Å². The van der Waals surface area contributed by atoms with E-state index in [0.29, 0.717) is 15.8 Å². The highest BCUT2D eigenvalue weighted by Gasteiger charge is 2.18. The standard InChI is InChI=1S/C16H17N5OS3/c22-11(13-9-17-16(25-13)21-6-2-1-3-7-21)10-24-15-18-14(19-20-15)12-5-4-8-23-12/h4-5,8-9H,1-3,6-7,10H2,(H,18,19,20). The first kappa shape index (κ1) is 16.7. The first-order valence-corrected chi connectivity index (χ1v) is 10.8. The van der Waals surface area contributed by atoms with E-state index in [1.54, 1.807) is 17.5 Å². The van der Waals surface area contributed by atoms with Gasteiger partial charge in [0.15, 0.2) is 16.7 Å². The van der Waals surface area contributed by atoms with E-state index in [0.717, 1.165) is 28.9 Å². The summed E-state index contributed by atoms with van der Waals surface area (Å²) in [4.78, 5) is 25.3. The zero-order valence-electron chi connectivity index (χ0n) is 13.5. The number of carbonyl (C=O) groups is 1. The predicted molar refractivity (Wildman–Crippen MR) is 103 cm³/mol. The lowest BCUT2D eigenvalue weighted by Crippen LogP contribution is -2.29. The summed E-state index contributed by atoms with van der Waals surface area (Å²) in [5.41, 5.74) is 0. The summed E-state index contributed by atoms with van der Waals surface area (Å²) in [5.74, 6) is 1.15. The molecule has 1 N–H and O–H groups in total. The van der Waals surface area contributed by atoms with Gasteiger partial charge in [0.2, 0.25) is 5.16 Å². The number of aromatic amines is 1. The molecule has 1 aliphatic heterocycles. The van der Waals surface area contributed by atoms with Gasteiger partial charge in [-0.3, -0.25) is 9.89 Å². The lowest BCUT2D eigenvalue weighted by atomic mass is 10.1. The maximum absolute atomic E-state index is 12.4. The van der Waals surface area contributed by atoms with Crippen molar-refractivity contribution < 1.29 is 4.79 Å². The van der Waals surface area contributed by atoms with Gasteiger partial charge in [-0.2, -0.15) is 0 Å². The minimum Gasteiger partial charge on any atom is -0.348 e. The second kappa shape index (κ2) is 7.67. The van der Waals surface area contributed by atoms with Crippen LogP contribution in [-0.4, -0.2) is 44.8 Å². The average Bonchev–Trinajstić information content (AvgIpc) is 3.41. The molecule has 4 heterocycles. The number of carbonyl (C=O) groups excluding carboxylic acids is 1. The number of aromatic nitrogens is 4. The molecule has 4 rings (SSSR count). The van der Waals surface area contributed by atoms with E-state index < -0.39 is 0 Å². The van der Waals surface area contributed by atoms with Crippen LogP contribution >= 0.6 is 34.4 Å². The highest BCUT2D eigenvalue weighted by atomic mass is 32.2. The van der Waals surface area contributed by atoms with Crippen LogP contribution in [0, 0.1) is 0 Å². The summed E-state index contributed by atoms with van der Waals surface area (Å²) in [6, 6.07) is 3.97. The predicted octanol–water partition coefficient (Wildman–Crippen LogP) is 3.96. The van der Waals surface area contributed by atoms with Crippen molar-refractivity contribution in [2.75, 3.05) is 23.7 Å². The molecule has 0 saturated carbocycles. The first-order valence-electron chi connectivity index (χ1n) is 8.12. The van der Waals surface area contributed by atoms with E-state index >= 15 is 0 Å². The number of nitrogens with one attached hydrogen (secondary N) is 1. The molecule has 1 fully saturated rings. The Morgan fingerprint density at radius 2 is 2.20 bits per heavy atom. The van der Waals surface area contributed by atoms with Gasteiger partial charge in [-0.25, -0.2) is 9.97 Å². The number of thiophene rings is 1. The van der Waals surface area contributed by atoms with Gasteiger partial charge in [-0.1, -0.05) is 29.2 Å². The second-order valence-corrected chi connectivity index (χ2v) is 8.61. The molecule has 25 heavy (non-hydrogen) atoms. The fraction of sp³-hybridized carbons (Fsp3) is 0.375. The molecule has 0 amide bonds. The number of anilines is 1. The number of H-pyrrole nitrogens is 1. The van der Waals surface area contributed by atoms with Gasteiger partial charge in [0.1, 0.15) is 0 Å². The Bertz CT molecular complexity index is 836. The van der Waals surface area contributed by atoms with Crippen LogP contribution in [0.25, 0.3) is 10.7 Å². The molecular formula is C16H17N5OS3. The zero-order valence-corrected chi connectivity index (χ0v) is 15.9. The molecule has 3 aromatic heterocycles. The van der Waals surface area contributed by atoms with E-state index in [1.165, 1.54) is 42.4 Å². The zero-order chi connectivity index (χ0) is 17.1. The second-order valence-electron chi connectivity index (χ2n) is 5.71. The summed E-state index contributed by atoms with van der Waals surface area (Å²) in [5, 5.41) is 10.7. The smallest absolute Gasteiger partial charge is 0.209 e. The van der Waals surface area contributed by atoms with Crippen molar-refractivity contribution in [1.82, 2.24) is 20.2 Å². The number of piperidine rings is 1.